The average molecular weight is 370 g/mol. The molecule has 1 amide bonds. The number of carbonyl (C=O) groups excluding carboxylic acids is 1. The summed E-state index contributed by atoms with van der Waals surface area (Å²) in [4.78, 5) is 23.5. The first-order chi connectivity index (χ1) is 13.1. The number of hydrogen-bond donors (Lipinski definition) is 1. The third kappa shape index (κ3) is 4.62. The molecule has 1 aliphatic heterocycles. The highest BCUT2D eigenvalue weighted by Gasteiger charge is 2.23. The van der Waals surface area contributed by atoms with Gasteiger partial charge < -0.3 is 14.8 Å². The topological polar surface area (TPSA) is 90.7 Å². The van der Waals surface area contributed by atoms with Crippen LogP contribution in [0.4, 0.5) is 11.4 Å². The maximum absolute atomic E-state index is 12.7. The fourth-order valence-electron chi connectivity index (χ4n) is 3.09. The minimum Gasteiger partial charge on any atom is -0.489 e. The van der Waals surface area contributed by atoms with Gasteiger partial charge >= 0.3 is 0 Å². The molecule has 7 heteroatoms. The number of nitro benzene ring substituents is 1. The van der Waals surface area contributed by atoms with E-state index >= 15 is 0 Å². The maximum Gasteiger partial charge on any atom is 0.285 e. The van der Waals surface area contributed by atoms with E-state index in [1.54, 1.807) is 37.3 Å². The molecule has 142 valence electrons. The average Bonchev–Trinajstić information content (AvgIpc) is 2.67. The number of para-hydroxylation sites is 3. The minimum absolute atomic E-state index is 0.0189. The van der Waals surface area contributed by atoms with E-state index in [1.807, 2.05) is 6.07 Å². The molecular weight excluding hydrogens is 348 g/mol. The molecule has 7 nitrogen and oxygen atoms in total. The summed E-state index contributed by atoms with van der Waals surface area (Å²) in [5, 5.41) is 14.1. The van der Waals surface area contributed by atoms with E-state index in [4.69, 9.17) is 9.47 Å². The van der Waals surface area contributed by atoms with Crippen molar-refractivity contribution in [2.45, 2.75) is 32.3 Å². The zero-order chi connectivity index (χ0) is 19.2. The summed E-state index contributed by atoms with van der Waals surface area (Å²) in [6.45, 7) is 2.75. The Morgan fingerprint density at radius 3 is 2.81 bits per heavy atom. The van der Waals surface area contributed by atoms with E-state index in [-0.39, 0.29) is 17.4 Å². The maximum atomic E-state index is 12.7. The summed E-state index contributed by atoms with van der Waals surface area (Å²) >= 11 is 0. The van der Waals surface area contributed by atoms with Crippen LogP contribution in [0.25, 0.3) is 0 Å². The van der Waals surface area contributed by atoms with Crippen molar-refractivity contribution >= 4 is 17.3 Å². The van der Waals surface area contributed by atoms with Gasteiger partial charge in [0.05, 0.1) is 16.7 Å². The van der Waals surface area contributed by atoms with Crippen molar-refractivity contribution < 1.29 is 19.2 Å². The monoisotopic (exact) mass is 370 g/mol. The second-order valence-corrected chi connectivity index (χ2v) is 6.48. The van der Waals surface area contributed by atoms with Gasteiger partial charge in [-0.25, -0.2) is 0 Å². The van der Waals surface area contributed by atoms with Crippen LogP contribution in [0.15, 0.2) is 42.5 Å². The van der Waals surface area contributed by atoms with E-state index in [0.29, 0.717) is 23.6 Å². The van der Waals surface area contributed by atoms with Crippen molar-refractivity contribution in [3.63, 3.8) is 0 Å². The third-order valence-electron chi connectivity index (χ3n) is 4.50. The SMILES string of the molecule is Cc1cccc(C(=O)Nc2ccccc2OC[C@H]2CCCCO2)c1[N+](=O)[O-]. The Balaban J connectivity index is 1.75. The van der Waals surface area contributed by atoms with E-state index in [2.05, 4.69) is 5.32 Å². The van der Waals surface area contributed by atoms with Gasteiger partial charge in [-0.05, 0) is 44.4 Å². The molecule has 0 aromatic heterocycles. The van der Waals surface area contributed by atoms with Crippen LogP contribution in [0.1, 0.15) is 35.2 Å². The van der Waals surface area contributed by atoms with Crippen molar-refractivity contribution in [2.24, 2.45) is 0 Å². The Hall–Kier alpha value is -2.93. The first-order valence-electron chi connectivity index (χ1n) is 8.95. The Morgan fingerprint density at radius 2 is 2.07 bits per heavy atom. The van der Waals surface area contributed by atoms with Gasteiger partial charge in [-0.1, -0.05) is 24.3 Å². The van der Waals surface area contributed by atoms with E-state index < -0.39 is 10.8 Å². The molecule has 1 saturated heterocycles. The number of nitrogens with one attached hydrogen (secondary N) is 1. The number of rotatable bonds is 6. The van der Waals surface area contributed by atoms with Crippen molar-refractivity contribution in [3.05, 3.63) is 63.7 Å². The van der Waals surface area contributed by atoms with Crippen molar-refractivity contribution in [1.29, 1.82) is 0 Å². The molecule has 0 saturated carbocycles. The number of benzene rings is 2. The quantitative estimate of drug-likeness (QED) is 0.610. The molecule has 1 heterocycles. The number of nitrogens with zero attached hydrogens (tertiary/aromatic N) is 1. The summed E-state index contributed by atoms with van der Waals surface area (Å²) in [5.74, 6) is -0.0364. The number of nitro groups is 1. The van der Waals surface area contributed by atoms with Gasteiger partial charge in [-0.3, -0.25) is 14.9 Å². The fraction of sp³-hybridized carbons (Fsp3) is 0.350. The summed E-state index contributed by atoms with van der Waals surface area (Å²) in [5.41, 5.74) is 0.732. The molecule has 1 aliphatic rings. The van der Waals surface area contributed by atoms with Gasteiger partial charge in [-0.2, -0.15) is 0 Å². The fourth-order valence-corrected chi connectivity index (χ4v) is 3.09. The lowest BCUT2D eigenvalue weighted by atomic mass is 10.1. The highest BCUT2D eigenvalue weighted by molar-refractivity contribution is 6.08. The van der Waals surface area contributed by atoms with Gasteiger partial charge in [0.1, 0.15) is 17.9 Å². The predicted molar refractivity (Wildman–Crippen MR) is 101 cm³/mol. The van der Waals surface area contributed by atoms with Crippen LogP contribution in [0.5, 0.6) is 5.75 Å². The van der Waals surface area contributed by atoms with Crippen LogP contribution >= 0.6 is 0 Å². The van der Waals surface area contributed by atoms with Crippen LogP contribution in [-0.2, 0) is 4.74 Å². The number of amides is 1. The van der Waals surface area contributed by atoms with Gasteiger partial charge in [0.2, 0.25) is 0 Å². The molecule has 1 atom stereocenters. The molecule has 3 rings (SSSR count). The van der Waals surface area contributed by atoms with Gasteiger partial charge in [-0.15, -0.1) is 0 Å². The van der Waals surface area contributed by atoms with Crippen LogP contribution in [0.2, 0.25) is 0 Å². The van der Waals surface area contributed by atoms with Crippen molar-refractivity contribution in [2.75, 3.05) is 18.5 Å². The highest BCUT2D eigenvalue weighted by Crippen LogP contribution is 2.28. The van der Waals surface area contributed by atoms with Crippen molar-refractivity contribution in [1.82, 2.24) is 0 Å². The van der Waals surface area contributed by atoms with Crippen LogP contribution in [-0.4, -0.2) is 30.1 Å². The molecule has 2 aromatic rings. The van der Waals surface area contributed by atoms with Crippen LogP contribution < -0.4 is 10.1 Å². The molecule has 27 heavy (non-hydrogen) atoms. The summed E-state index contributed by atoms with van der Waals surface area (Å²) < 4.78 is 11.5. The van der Waals surface area contributed by atoms with Gasteiger partial charge in [0.15, 0.2) is 0 Å². The molecular formula is C20H22N2O5. The second kappa shape index (κ2) is 8.64. The Kier molecular flexibility index (Phi) is 6.03. The van der Waals surface area contributed by atoms with E-state index in [0.717, 1.165) is 25.9 Å². The number of ether oxygens (including phenoxy) is 2. The molecule has 1 fully saturated rings. The Morgan fingerprint density at radius 1 is 1.26 bits per heavy atom. The molecule has 0 radical (unpaired) electrons. The lowest BCUT2D eigenvalue weighted by Gasteiger charge is -2.23. The Labute approximate surface area is 157 Å². The molecule has 2 aromatic carbocycles. The second-order valence-electron chi connectivity index (χ2n) is 6.48. The largest absolute Gasteiger partial charge is 0.489 e. The molecule has 1 N–H and O–H groups in total. The Bertz CT molecular complexity index is 831. The van der Waals surface area contributed by atoms with Crippen LogP contribution in [0, 0.1) is 17.0 Å². The summed E-state index contributed by atoms with van der Waals surface area (Å²) in [7, 11) is 0. The minimum atomic E-state index is -0.546. The lowest BCUT2D eigenvalue weighted by Crippen LogP contribution is -2.26. The van der Waals surface area contributed by atoms with Crippen LogP contribution in [0.3, 0.4) is 0 Å². The summed E-state index contributed by atoms with van der Waals surface area (Å²) in [6.07, 6.45) is 3.17. The van der Waals surface area contributed by atoms with Gasteiger partial charge in [0.25, 0.3) is 11.6 Å². The van der Waals surface area contributed by atoms with Gasteiger partial charge in [0, 0.05) is 12.2 Å². The smallest absolute Gasteiger partial charge is 0.285 e. The third-order valence-corrected chi connectivity index (χ3v) is 4.50. The van der Waals surface area contributed by atoms with E-state index in [1.165, 1.54) is 6.07 Å². The number of hydrogen-bond acceptors (Lipinski definition) is 5. The standard InChI is InChI=1S/C20H22N2O5/c1-14-7-6-9-16(19(14)22(24)25)20(23)21-17-10-2-3-11-18(17)27-13-15-8-4-5-12-26-15/h2-3,6-7,9-11,15H,4-5,8,12-13H2,1H3,(H,21,23)/t15-/m1/s1. The number of anilines is 1. The first-order valence-corrected chi connectivity index (χ1v) is 8.95. The van der Waals surface area contributed by atoms with E-state index in [9.17, 15) is 14.9 Å². The van der Waals surface area contributed by atoms with Crippen molar-refractivity contribution in [3.8, 4) is 5.75 Å². The molecule has 0 spiro atoms. The summed E-state index contributed by atoms with van der Waals surface area (Å²) in [6, 6.07) is 11.7. The first kappa shape index (κ1) is 18.8. The normalized spacial score (nSPS) is 16.6. The zero-order valence-corrected chi connectivity index (χ0v) is 15.1. The lowest BCUT2D eigenvalue weighted by molar-refractivity contribution is -0.385. The molecule has 0 bridgehead atoms. The number of carbonyl (C=O) groups is 1. The number of aryl methyl sites for hydroxylation is 1. The molecule has 0 unspecified atom stereocenters. The highest BCUT2D eigenvalue weighted by atomic mass is 16.6. The zero-order valence-electron chi connectivity index (χ0n) is 15.1. The predicted octanol–water partition coefficient (Wildman–Crippen LogP) is 4.10. The molecule has 0 aliphatic carbocycles.